The summed E-state index contributed by atoms with van der Waals surface area (Å²) in [5.41, 5.74) is 3.84. The van der Waals surface area contributed by atoms with Gasteiger partial charge in [-0.1, -0.05) is 66.2 Å². The van der Waals surface area contributed by atoms with E-state index < -0.39 is 0 Å². The molecule has 1 aliphatic rings. The van der Waals surface area contributed by atoms with Crippen molar-refractivity contribution in [2.45, 2.75) is 6.92 Å². The van der Waals surface area contributed by atoms with Crippen molar-refractivity contribution in [3.63, 3.8) is 0 Å². The van der Waals surface area contributed by atoms with E-state index in [0.717, 1.165) is 16.9 Å². The lowest BCUT2D eigenvalue weighted by Crippen LogP contribution is -2.28. The molecule has 3 aromatic carbocycles. The van der Waals surface area contributed by atoms with Crippen molar-refractivity contribution in [1.82, 2.24) is 0 Å². The summed E-state index contributed by atoms with van der Waals surface area (Å²) in [6.07, 6.45) is 1.93. The quantitative estimate of drug-likeness (QED) is 0.546. The summed E-state index contributed by atoms with van der Waals surface area (Å²) in [5.74, 6) is -0.0542. The van der Waals surface area contributed by atoms with Crippen LogP contribution in [0.5, 0.6) is 0 Å². The van der Waals surface area contributed by atoms with Crippen LogP contribution in [0.1, 0.15) is 11.1 Å². The molecule has 0 aliphatic carbocycles. The molecular weight excluding hydrogens is 352 g/mol. The van der Waals surface area contributed by atoms with Gasteiger partial charge in [-0.05, 0) is 54.6 Å². The molecule has 4 rings (SSSR count). The Bertz CT molecular complexity index is 1010. The Kier molecular flexibility index (Phi) is 4.90. The molecule has 0 aromatic heterocycles. The summed E-state index contributed by atoms with van der Waals surface area (Å²) in [6.45, 7) is 2.05. The summed E-state index contributed by atoms with van der Waals surface area (Å²) in [6, 6.07) is 27.5. The SMILES string of the molecule is Cc1ccc(/C=C2\SC(=Nc3ccccc3)N(c3ccccc3)C2=O)cc1. The Hall–Kier alpha value is -3.11. The van der Waals surface area contributed by atoms with Crippen molar-refractivity contribution in [3.8, 4) is 0 Å². The van der Waals surface area contributed by atoms with E-state index in [-0.39, 0.29) is 5.91 Å². The first-order valence-electron chi connectivity index (χ1n) is 8.70. The maximum absolute atomic E-state index is 13.1. The predicted molar refractivity (Wildman–Crippen MR) is 114 cm³/mol. The third kappa shape index (κ3) is 3.86. The second-order valence-corrected chi connectivity index (χ2v) is 7.24. The molecule has 0 atom stereocenters. The lowest BCUT2D eigenvalue weighted by atomic mass is 10.1. The first-order valence-corrected chi connectivity index (χ1v) is 9.52. The Balaban J connectivity index is 1.76. The first-order chi connectivity index (χ1) is 13.2. The van der Waals surface area contributed by atoms with Crippen LogP contribution in [0.15, 0.2) is 94.8 Å². The average Bonchev–Trinajstić information content (AvgIpc) is 3.00. The molecule has 1 saturated heterocycles. The highest BCUT2D eigenvalue weighted by Gasteiger charge is 2.34. The van der Waals surface area contributed by atoms with Gasteiger partial charge < -0.3 is 0 Å². The maximum Gasteiger partial charge on any atom is 0.271 e. The zero-order valence-corrected chi connectivity index (χ0v) is 15.7. The number of nitrogens with zero attached hydrogens (tertiary/aromatic N) is 2. The van der Waals surface area contributed by atoms with Crippen molar-refractivity contribution in [1.29, 1.82) is 0 Å². The van der Waals surface area contributed by atoms with Crippen molar-refractivity contribution in [3.05, 3.63) is 101 Å². The van der Waals surface area contributed by atoms with Crippen molar-refractivity contribution in [2.75, 3.05) is 4.90 Å². The van der Waals surface area contributed by atoms with Gasteiger partial charge in [-0.2, -0.15) is 0 Å². The molecule has 132 valence electrons. The van der Waals surface area contributed by atoms with E-state index in [4.69, 9.17) is 4.99 Å². The Labute approximate surface area is 163 Å². The number of amides is 1. The lowest BCUT2D eigenvalue weighted by molar-refractivity contribution is -0.113. The van der Waals surface area contributed by atoms with E-state index in [2.05, 4.69) is 0 Å². The standard InChI is InChI=1S/C23H18N2OS/c1-17-12-14-18(15-13-17)16-21-22(26)25(20-10-6-3-7-11-20)23(27-21)24-19-8-4-2-5-9-19/h2-16H,1H3/b21-16-,24-23?. The number of para-hydroxylation sites is 2. The molecule has 0 saturated carbocycles. The summed E-state index contributed by atoms with van der Waals surface area (Å²) >= 11 is 1.40. The van der Waals surface area contributed by atoms with Crippen LogP contribution in [0.3, 0.4) is 0 Å². The van der Waals surface area contributed by atoms with Crippen LogP contribution in [0.4, 0.5) is 11.4 Å². The van der Waals surface area contributed by atoms with Crippen LogP contribution in [0, 0.1) is 6.92 Å². The van der Waals surface area contributed by atoms with Gasteiger partial charge in [-0.25, -0.2) is 4.99 Å². The number of carbonyl (C=O) groups excluding carboxylic acids is 1. The second-order valence-electron chi connectivity index (χ2n) is 6.23. The first kappa shape index (κ1) is 17.3. The van der Waals surface area contributed by atoms with Crippen molar-refractivity contribution in [2.24, 2.45) is 4.99 Å². The number of hydrogen-bond donors (Lipinski definition) is 0. The van der Waals surface area contributed by atoms with Gasteiger partial charge in [0.05, 0.1) is 16.3 Å². The summed E-state index contributed by atoms with van der Waals surface area (Å²) < 4.78 is 0. The van der Waals surface area contributed by atoms with Crippen LogP contribution in [-0.2, 0) is 4.79 Å². The van der Waals surface area contributed by atoms with Gasteiger partial charge in [0, 0.05) is 0 Å². The fourth-order valence-corrected chi connectivity index (χ4v) is 3.78. The molecule has 0 spiro atoms. The second kappa shape index (κ2) is 7.64. The third-order valence-electron chi connectivity index (χ3n) is 4.18. The third-order valence-corrected chi connectivity index (χ3v) is 5.15. The summed E-state index contributed by atoms with van der Waals surface area (Å²) in [7, 11) is 0. The van der Waals surface area contributed by atoms with Crippen LogP contribution in [0.25, 0.3) is 6.08 Å². The molecule has 0 unspecified atom stereocenters. The van der Waals surface area contributed by atoms with Gasteiger partial charge >= 0.3 is 0 Å². The van der Waals surface area contributed by atoms with E-state index in [1.54, 1.807) is 4.90 Å². The Morgan fingerprint density at radius 2 is 1.48 bits per heavy atom. The van der Waals surface area contributed by atoms with Gasteiger partial charge in [0.2, 0.25) is 0 Å². The highest BCUT2D eigenvalue weighted by Crippen LogP contribution is 2.37. The Morgan fingerprint density at radius 3 is 2.15 bits per heavy atom. The highest BCUT2D eigenvalue weighted by atomic mass is 32.2. The fourth-order valence-electron chi connectivity index (χ4n) is 2.78. The topological polar surface area (TPSA) is 32.7 Å². The van der Waals surface area contributed by atoms with Crippen molar-refractivity contribution < 1.29 is 4.79 Å². The molecule has 1 amide bonds. The molecule has 1 heterocycles. The van der Waals surface area contributed by atoms with Gasteiger partial charge in [0.1, 0.15) is 0 Å². The number of anilines is 1. The zero-order valence-electron chi connectivity index (χ0n) is 14.9. The molecule has 1 fully saturated rings. The lowest BCUT2D eigenvalue weighted by Gasteiger charge is -2.15. The molecule has 3 nitrogen and oxygen atoms in total. The normalized spacial score (nSPS) is 17.1. The van der Waals surface area contributed by atoms with E-state index >= 15 is 0 Å². The Morgan fingerprint density at radius 1 is 0.852 bits per heavy atom. The minimum absolute atomic E-state index is 0.0542. The van der Waals surface area contributed by atoms with Crippen LogP contribution in [0.2, 0.25) is 0 Å². The van der Waals surface area contributed by atoms with Crippen molar-refractivity contribution >= 4 is 40.3 Å². The summed E-state index contributed by atoms with van der Waals surface area (Å²) in [5, 5.41) is 0.663. The molecule has 0 bridgehead atoms. The number of aryl methyl sites for hydroxylation is 1. The average molecular weight is 370 g/mol. The fraction of sp³-hybridized carbons (Fsp3) is 0.0435. The number of benzene rings is 3. The number of aliphatic imine (C=N–C) groups is 1. The van der Waals surface area contributed by atoms with Gasteiger partial charge in [0.25, 0.3) is 5.91 Å². The van der Waals surface area contributed by atoms with E-state index in [1.165, 1.54) is 17.3 Å². The largest absolute Gasteiger partial charge is 0.271 e. The number of hydrogen-bond acceptors (Lipinski definition) is 3. The van der Waals surface area contributed by atoms with Gasteiger partial charge in [-0.3, -0.25) is 9.69 Å². The van der Waals surface area contributed by atoms with Gasteiger partial charge in [-0.15, -0.1) is 0 Å². The number of carbonyl (C=O) groups is 1. The van der Waals surface area contributed by atoms with E-state index in [9.17, 15) is 4.79 Å². The number of rotatable bonds is 3. The number of thioether (sulfide) groups is 1. The summed E-state index contributed by atoms with van der Waals surface area (Å²) in [4.78, 5) is 20.2. The minimum Gasteiger partial charge on any atom is -0.268 e. The van der Waals surface area contributed by atoms with Crippen LogP contribution >= 0.6 is 11.8 Å². The monoisotopic (exact) mass is 370 g/mol. The maximum atomic E-state index is 13.1. The van der Waals surface area contributed by atoms with Crippen LogP contribution in [-0.4, -0.2) is 11.1 Å². The molecule has 4 heteroatoms. The van der Waals surface area contributed by atoms with Gasteiger partial charge in [0.15, 0.2) is 5.17 Å². The number of amidine groups is 1. The molecule has 0 radical (unpaired) electrons. The van der Waals surface area contributed by atoms with E-state index in [1.807, 2.05) is 97.9 Å². The highest BCUT2D eigenvalue weighted by molar-refractivity contribution is 8.19. The molecule has 27 heavy (non-hydrogen) atoms. The molecular formula is C23H18N2OS. The predicted octanol–water partition coefficient (Wildman–Crippen LogP) is 5.80. The molecule has 0 N–H and O–H groups in total. The van der Waals surface area contributed by atoms with E-state index in [0.29, 0.717) is 10.1 Å². The minimum atomic E-state index is -0.0542. The smallest absolute Gasteiger partial charge is 0.268 e. The molecule has 1 aliphatic heterocycles. The van der Waals surface area contributed by atoms with Crippen LogP contribution < -0.4 is 4.90 Å². The zero-order chi connectivity index (χ0) is 18.6. The molecule has 3 aromatic rings.